The predicted molar refractivity (Wildman–Crippen MR) is 141 cm³/mol. The van der Waals surface area contributed by atoms with E-state index in [1.165, 1.54) is 11.3 Å². The molecule has 3 aromatic rings. The summed E-state index contributed by atoms with van der Waals surface area (Å²) in [5.74, 6) is -0.910. The molecule has 5 nitrogen and oxygen atoms in total. The van der Waals surface area contributed by atoms with E-state index in [-0.39, 0.29) is 11.3 Å². The molecule has 1 heterocycles. The summed E-state index contributed by atoms with van der Waals surface area (Å²) in [6.07, 6.45) is 0. The van der Waals surface area contributed by atoms with Gasteiger partial charge < -0.3 is 15.2 Å². The highest BCUT2D eigenvalue weighted by molar-refractivity contribution is 14.1. The molecule has 0 aliphatic heterocycles. The van der Waals surface area contributed by atoms with Gasteiger partial charge in [-0.2, -0.15) is 0 Å². The molecule has 0 radical (unpaired) electrons. The zero-order valence-electron chi connectivity index (χ0n) is 14.6. The quantitative estimate of drug-likeness (QED) is 0.279. The minimum absolute atomic E-state index is 0.0353. The van der Waals surface area contributed by atoms with Gasteiger partial charge in [0.15, 0.2) is 0 Å². The first-order valence-corrected chi connectivity index (χ1v) is 12.4. The Morgan fingerprint density at radius 1 is 1.14 bits per heavy atom. The van der Waals surface area contributed by atoms with Crippen molar-refractivity contribution in [3.05, 3.63) is 62.6 Å². The van der Waals surface area contributed by atoms with Crippen molar-refractivity contribution in [2.75, 3.05) is 12.4 Å². The summed E-state index contributed by atoms with van der Waals surface area (Å²) in [7, 11) is 1.55. The van der Waals surface area contributed by atoms with Crippen molar-refractivity contribution in [2.45, 2.75) is 0 Å². The van der Waals surface area contributed by atoms with Crippen molar-refractivity contribution in [1.29, 1.82) is 0 Å². The third-order valence-corrected chi connectivity index (χ3v) is 7.84. The lowest BCUT2D eigenvalue weighted by Gasteiger charge is -2.13. The fourth-order valence-corrected chi connectivity index (χ4v) is 8.14. The summed E-state index contributed by atoms with van der Waals surface area (Å²) in [5.41, 5.74) is 1.40. The van der Waals surface area contributed by atoms with Crippen LogP contribution in [0.1, 0.15) is 20.7 Å². The molecule has 1 aromatic heterocycles. The summed E-state index contributed by atoms with van der Waals surface area (Å²) < 4.78 is 7.71. The highest BCUT2D eigenvalue weighted by atomic mass is 127. The van der Waals surface area contributed by atoms with Crippen molar-refractivity contribution in [2.24, 2.45) is 0 Å². The second-order valence-corrected chi connectivity index (χ2v) is 10.4. The highest BCUT2D eigenvalue weighted by Crippen LogP contribution is 2.38. The molecule has 0 aliphatic carbocycles. The minimum Gasteiger partial charge on any atom is -0.495 e. The van der Waals surface area contributed by atoms with Crippen LogP contribution in [0.2, 0.25) is 5.02 Å². The van der Waals surface area contributed by atoms with E-state index in [2.05, 4.69) is 73.1 Å². The molecule has 1 amide bonds. The number of carboxylic acid groups (broad SMARTS) is 1. The van der Waals surface area contributed by atoms with Crippen LogP contribution in [0, 0.1) is 10.7 Å². The number of ether oxygens (including phenoxy) is 1. The minimum atomic E-state index is -1.12. The number of rotatable bonds is 5. The number of halogens is 4. The highest BCUT2D eigenvalue weighted by Gasteiger charge is 2.25. The number of carboxylic acids is 1. The van der Waals surface area contributed by atoms with Crippen molar-refractivity contribution >= 4 is 108 Å². The zero-order chi connectivity index (χ0) is 21.3. The molecular weight excluding hydrogens is 754 g/mol. The molecule has 0 unspecified atom stereocenters. The number of carbonyl (C=O) groups is 2. The lowest BCUT2D eigenvalue weighted by Crippen LogP contribution is -2.17. The molecule has 0 spiro atoms. The standard InChI is InChI=1S/C19H11ClI3NO4S/c1-28-16-11(22)6-10(21)13(15(16)23)18(25)24-12-7-29-17(14(12)19(26)27)8-3-2-4-9(20)5-8/h2-7H,1H3,(H,24,25)(H,26,27). The molecular formula is C19H11ClI3NO4S. The first-order valence-electron chi connectivity index (χ1n) is 7.88. The molecule has 0 atom stereocenters. The van der Waals surface area contributed by atoms with Crippen LogP contribution in [0.3, 0.4) is 0 Å². The number of hydrogen-bond acceptors (Lipinski definition) is 4. The fraction of sp³-hybridized carbons (Fsp3) is 0.0526. The van der Waals surface area contributed by atoms with Crippen LogP contribution in [-0.4, -0.2) is 24.1 Å². The van der Waals surface area contributed by atoms with Crippen LogP contribution < -0.4 is 10.1 Å². The Labute approximate surface area is 216 Å². The molecule has 0 bridgehead atoms. The van der Waals surface area contributed by atoms with Crippen molar-refractivity contribution in [3.63, 3.8) is 0 Å². The number of aromatic carboxylic acids is 1. The van der Waals surface area contributed by atoms with Gasteiger partial charge in [-0.25, -0.2) is 4.79 Å². The maximum atomic E-state index is 13.0. The number of nitrogens with one attached hydrogen (secondary N) is 1. The Kier molecular flexibility index (Phi) is 7.67. The summed E-state index contributed by atoms with van der Waals surface area (Å²) in [6, 6.07) is 8.80. The SMILES string of the molecule is COc1c(I)cc(I)c(C(=O)Nc2csc(-c3cccc(Cl)c3)c2C(=O)O)c1I. The Morgan fingerprint density at radius 3 is 2.48 bits per heavy atom. The van der Waals surface area contributed by atoms with Gasteiger partial charge in [0.25, 0.3) is 5.91 Å². The summed E-state index contributed by atoms with van der Waals surface area (Å²) in [6.45, 7) is 0. The number of anilines is 1. The summed E-state index contributed by atoms with van der Waals surface area (Å²) in [4.78, 5) is 25.5. The first-order chi connectivity index (χ1) is 13.7. The Morgan fingerprint density at radius 2 is 1.86 bits per heavy atom. The number of amides is 1. The van der Waals surface area contributed by atoms with Crippen LogP contribution in [0.25, 0.3) is 10.4 Å². The number of thiophene rings is 1. The van der Waals surface area contributed by atoms with E-state index in [1.54, 1.807) is 36.8 Å². The number of benzene rings is 2. The Hall–Kier alpha value is -0.640. The Bertz CT molecular complexity index is 1130. The molecule has 3 rings (SSSR count). The fourth-order valence-electron chi connectivity index (χ4n) is 2.66. The van der Waals surface area contributed by atoms with Crippen LogP contribution in [0.15, 0.2) is 35.7 Å². The predicted octanol–water partition coefficient (Wildman–Crippen LogP) is 6.84. The van der Waals surface area contributed by atoms with E-state index in [0.717, 1.165) is 7.14 Å². The molecule has 10 heteroatoms. The average Bonchev–Trinajstić information content (AvgIpc) is 3.05. The van der Waals surface area contributed by atoms with Crippen LogP contribution >= 0.6 is 90.7 Å². The van der Waals surface area contributed by atoms with Gasteiger partial charge in [0.05, 0.1) is 30.4 Å². The molecule has 0 aliphatic rings. The van der Waals surface area contributed by atoms with E-state index in [0.29, 0.717) is 30.3 Å². The second kappa shape index (κ2) is 9.66. The van der Waals surface area contributed by atoms with E-state index >= 15 is 0 Å². The van der Waals surface area contributed by atoms with Gasteiger partial charge in [-0.05, 0) is 91.5 Å². The third-order valence-electron chi connectivity index (χ3n) is 3.90. The van der Waals surface area contributed by atoms with Crippen LogP contribution in [0.4, 0.5) is 5.69 Å². The molecule has 0 saturated carbocycles. The topological polar surface area (TPSA) is 75.6 Å². The maximum absolute atomic E-state index is 13.0. The van der Waals surface area contributed by atoms with Crippen LogP contribution in [-0.2, 0) is 0 Å². The van der Waals surface area contributed by atoms with Gasteiger partial charge in [0.2, 0.25) is 0 Å². The third kappa shape index (κ3) is 4.83. The number of methoxy groups -OCH3 is 1. The largest absolute Gasteiger partial charge is 0.495 e. The maximum Gasteiger partial charge on any atom is 0.339 e. The Balaban J connectivity index is 2.04. The number of hydrogen-bond donors (Lipinski definition) is 2. The number of carbonyl (C=O) groups excluding carboxylic acids is 1. The van der Waals surface area contributed by atoms with E-state index < -0.39 is 11.9 Å². The lowest BCUT2D eigenvalue weighted by atomic mass is 10.1. The van der Waals surface area contributed by atoms with Gasteiger partial charge in [0.1, 0.15) is 11.3 Å². The second-order valence-electron chi connectivity index (χ2n) is 5.69. The van der Waals surface area contributed by atoms with E-state index in [1.807, 2.05) is 6.07 Å². The normalized spacial score (nSPS) is 10.7. The van der Waals surface area contributed by atoms with Crippen LogP contribution in [0.5, 0.6) is 5.75 Å². The molecule has 0 fully saturated rings. The van der Waals surface area contributed by atoms with E-state index in [9.17, 15) is 14.7 Å². The van der Waals surface area contributed by atoms with Gasteiger partial charge >= 0.3 is 5.97 Å². The zero-order valence-corrected chi connectivity index (χ0v) is 22.6. The summed E-state index contributed by atoms with van der Waals surface area (Å²) >= 11 is 13.6. The van der Waals surface area contributed by atoms with Gasteiger partial charge in [-0.1, -0.05) is 23.7 Å². The average molecular weight is 766 g/mol. The van der Waals surface area contributed by atoms with E-state index in [4.69, 9.17) is 16.3 Å². The molecule has 29 heavy (non-hydrogen) atoms. The summed E-state index contributed by atoms with van der Waals surface area (Å²) in [5, 5.41) is 14.7. The van der Waals surface area contributed by atoms with Crippen molar-refractivity contribution < 1.29 is 19.4 Å². The molecule has 2 aromatic carbocycles. The molecule has 2 N–H and O–H groups in total. The van der Waals surface area contributed by atoms with Crippen molar-refractivity contribution in [1.82, 2.24) is 0 Å². The molecule has 0 saturated heterocycles. The monoisotopic (exact) mass is 765 g/mol. The van der Waals surface area contributed by atoms with Gasteiger partial charge in [-0.15, -0.1) is 11.3 Å². The van der Waals surface area contributed by atoms with Gasteiger partial charge in [0, 0.05) is 14.0 Å². The lowest BCUT2D eigenvalue weighted by molar-refractivity contribution is 0.0699. The molecule has 150 valence electrons. The first kappa shape index (κ1) is 23.0. The smallest absolute Gasteiger partial charge is 0.339 e. The van der Waals surface area contributed by atoms with Crippen molar-refractivity contribution in [3.8, 4) is 16.2 Å². The van der Waals surface area contributed by atoms with Gasteiger partial charge in [-0.3, -0.25) is 4.79 Å².